The number of rotatable bonds is 9. The van der Waals surface area contributed by atoms with E-state index in [-0.39, 0.29) is 18.2 Å². The Labute approximate surface area is 196 Å². The molecule has 0 bridgehead atoms. The summed E-state index contributed by atoms with van der Waals surface area (Å²) in [7, 11) is 1.47. The highest BCUT2D eigenvalue weighted by Crippen LogP contribution is 2.30. The number of nitrogens with zero attached hydrogens (tertiary/aromatic N) is 1. The minimum atomic E-state index is -0.653. The van der Waals surface area contributed by atoms with Gasteiger partial charge < -0.3 is 24.1 Å². The van der Waals surface area contributed by atoms with Gasteiger partial charge in [0.1, 0.15) is 12.4 Å². The number of amides is 1. The maximum Gasteiger partial charge on any atom is 0.338 e. The Morgan fingerprint density at radius 2 is 1.85 bits per heavy atom. The van der Waals surface area contributed by atoms with Gasteiger partial charge >= 0.3 is 5.97 Å². The summed E-state index contributed by atoms with van der Waals surface area (Å²) in [5.41, 5.74) is 2.71. The maximum atomic E-state index is 12.4. The molecule has 2 aromatic carbocycles. The molecule has 33 heavy (non-hydrogen) atoms. The third-order valence-corrected chi connectivity index (χ3v) is 5.29. The fraction of sp³-hybridized carbons (Fsp3) is 0.292. The van der Waals surface area contributed by atoms with E-state index in [4.69, 9.17) is 30.3 Å². The number of nitrogens with one attached hydrogen (secondary N) is 1. The van der Waals surface area contributed by atoms with Gasteiger partial charge in [-0.25, -0.2) is 4.79 Å². The molecule has 3 rings (SSSR count). The van der Waals surface area contributed by atoms with Crippen LogP contribution in [0.3, 0.4) is 0 Å². The average molecular weight is 473 g/mol. The molecule has 1 aromatic heterocycles. The molecule has 0 saturated carbocycles. The van der Waals surface area contributed by atoms with Crippen molar-refractivity contribution in [2.45, 2.75) is 33.4 Å². The highest BCUT2D eigenvalue weighted by atomic mass is 35.5. The Balaban J connectivity index is 1.56. The Hall–Kier alpha value is -3.52. The molecular weight excluding hydrogens is 448 g/mol. The molecule has 1 atom stereocenters. The first-order valence-electron chi connectivity index (χ1n) is 10.2. The van der Waals surface area contributed by atoms with Crippen molar-refractivity contribution in [3.05, 3.63) is 75.6 Å². The smallest absolute Gasteiger partial charge is 0.338 e. The summed E-state index contributed by atoms with van der Waals surface area (Å²) in [6.45, 7) is 5.30. The van der Waals surface area contributed by atoms with Crippen LogP contribution in [0, 0.1) is 13.8 Å². The van der Waals surface area contributed by atoms with Gasteiger partial charge in [-0.3, -0.25) is 4.79 Å². The number of aryl methyl sites for hydroxylation is 2. The number of hydrogen-bond acceptors (Lipinski definition) is 7. The number of methoxy groups -OCH3 is 1. The third-order valence-electron chi connectivity index (χ3n) is 5.03. The van der Waals surface area contributed by atoms with E-state index in [0.717, 1.165) is 16.8 Å². The van der Waals surface area contributed by atoms with Crippen LogP contribution in [0.5, 0.6) is 11.5 Å². The molecule has 0 aliphatic heterocycles. The summed E-state index contributed by atoms with van der Waals surface area (Å²) in [6.07, 6.45) is 0. The highest BCUT2D eigenvalue weighted by molar-refractivity contribution is 6.30. The topological polar surface area (TPSA) is 99.9 Å². The quantitative estimate of drug-likeness (QED) is 0.455. The van der Waals surface area contributed by atoms with Crippen molar-refractivity contribution in [2.75, 3.05) is 13.7 Å². The number of ether oxygens (including phenoxy) is 3. The summed E-state index contributed by atoms with van der Waals surface area (Å²) in [5.74, 6) is 0.410. The SMILES string of the molecule is COc1cc(C(=O)OCC(=O)NC(C)c2ccc(Cl)cc2)ccc1OCc1c(C)noc1C. The van der Waals surface area contributed by atoms with Crippen LogP contribution in [-0.4, -0.2) is 30.7 Å². The molecule has 3 aromatic rings. The van der Waals surface area contributed by atoms with Gasteiger partial charge in [-0.15, -0.1) is 0 Å². The third kappa shape index (κ3) is 6.26. The Morgan fingerprint density at radius 1 is 1.12 bits per heavy atom. The van der Waals surface area contributed by atoms with Crippen LogP contribution in [0.25, 0.3) is 0 Å². The number of carbonyl (C=O) groups excluding carboxylic acids is 2. The Kier molecular flexibility index (Phi) is 7.95. The lowest BCUT2D eigenvalue weighted by Gasteiger charge is -2.15. The lowest BCUT2D eigenvalue weighted by Crippen LogP contribution is -2.31. The molecule has 0 saturated heterocycles. The molecule has 9 heteroatoms. The zero-order valence-electron chi connectivity index (χ0n) is 18.8. The summed E-state index contributed by atoms with van der Waals surface area (Å²) in [6, 6.07) is 11.5. The zero-order valence-corrected chi connectivity index (χ0v) is 19.6. The molecule has 0 aliphatic rings. The second kappa shape index (κ2) is 10.9. The Bertz CT molecular complexity index is 1110. The van der Waals surface area contributed by atoms with Crippen LogP contribution in [0.1, 0.15) is 45.9 Å². The van der Waals surface area contributed by atoms with Gasteiger partial charge in [0.15, 0.2) is 18.1 Å². The molecule has 174 valence electrons. The second-order valence-corrected chi connectivity index (χ2v) is 7.81. The summed E-state index contributed by atoms with van der Waals surface area (Å²) in [4.78, 5) is 24.6. The molecule has 0 aliphatic carbocycles. The summed E-state index contributed by atoms with van der Waals surface area (Å²) in [5, 5.41) is 7.29. The standard InChI is InChI=1S/C24H25ClN2O6/c1-14(17-5-8-19(25)9-6-17)26-23(28)13-32-24(29)18-7-10-21(22(11-18)30-4)31-12-20-15(2)27-33-16(20)3/h5-11,14H,12-13H2,1-4H3,(H,26,28). The molecule has 8 nitrogen and oxygen atoms in total. The van der Waals surface area contributed by atoms with Gasteiger partial charge in [-0.1, -0.05) is 28.9 Å². The molecule has 1 heterocycles. The predicted octanol–water partition coefficient (Wildman–Crippen LogP) is 4.57. The number of halogens is 1. The van der Waals surface area contributed by atoms with Gasteiger partial charge in [0, 0.05) is 5.02 Å². The van der Waals surface area contributed by atoms with Crippen molar-refractivity contribution in [3.8, 4) is 11.5 Å². The van der Waals surface area contributed by atoms with Gasteiger partial charge in [0.2, 0.25) is 0 Å². The first-order chi connectivity index (χ1) is 15.8. The van der Waals surface area contributed by atoms with Gasteiger partial charge in [0.05, 0.1) is 30.0 Å². The van der Waals surface area contributed by atoms with E-state index in [9.17, 15) is 9.59 Å². The van der Waals surface area contributed by atoms with Crippen molar-refractivity contribution in [3.63, 3.8) is 0 Å². The first-order valence-corrected chi connectivity index (χ1v) is 10.6. The number of hydrogen-bond donors (Lipinski definition) is 1. The van der Waals surface area contributed by atoms with Gasteiger partial charge in [-0.05, 0) is 56.7 Å². The van der Waals surface area contributed by atoms with E-state index in [1.807, 2.05) is 26.0 Å². The van der Waals surface area contributed by atoms with Gasteiger partial charge in [0.25, 0.3) is 5.91 Å². The molecule has 1 unspecified atom stereocenters. The van der Waals surface area contributed by atoms with Crippen LogP contribution in [0.4, 0.5) is 0 Å². The van der Waals surface area contributed by atoms with E-state index in [1.165, 1.54) is 13.2 Å². The summed E-state index contributed by atoms with van der Waals surface area (Å²) < 4.78 is 21.4. The van der Waals surface area contributed by atoms with Crippen LogP contribution in [-0.2, 0) is 16.1 Å². The van der Waals surface area contributed by atoms with Crippen LogP contribution in [0.15, 0.2) is 47.0 Å². The van der Waals surface area contributed by atoms with Crippen molar-refractivity contribution in [1.82, 2.24) is 10.5 Å². The van der Waals surface area contributed by atoms with E-state index >= 15 is 0 Å². The average Bonchev–Trinajstić information content (AvgIpc) is 3.13. The summed E-state index contributed by atoms with van der Waals surface area (Å²) >= 11 is 5.88. The lowest BCUT2D eigenvalue weighted by atomic mass is 10.1. The zero-order chi connectivity index (χ0) is 24.0. The van der Waals surface area contributed by atoms with Crippen molar-refractivity contribution in [2.24, 2.45) is 0 Å². The number of aromatic nitrogens is 1. The highest BCUT2D eigenvalue weighted by Gasteiger charge is 2.17. The molecule has 1 amide bonds. The fourth-order valence-corrected chi connectivity index (χ4v) is 3.23. The van der Waals surface area contributed by atoms with Crippen molar-refractivity contribution in [1.29, 1.82) is 0 Å². The molecule has 1 N–H and O–H groups in total. The predicted molar refractivity (Wildman–Crippen MR) is 122 cm³/mol. The molecule has 0 fully saturated rings. The monoisotopic (exact) mass is 472 g/mol. The molecule has 0 radical (unpaired) electrons. The van der Waals surface area contributed by atoms with E-state index in [2.05, 4.69) is 10.5 Å². The number of esters is 1. The van der Waals surface area contributed by atoms with Crippen LogP contribution < -0.4 is 14.8 Å². The number of carbonyl (C=O) groups is 2. The molecule has 0 spiro atoms. The van der Waals surface area contributed by atoms with E-state index in [1.54, 1.807) is 31.2 Å². The van der Waals surface area contributed by atoms with Crippen molar-refractivity contribution < 1.29 is 28.3 Å². The first kappa shape index (κ1) is 24.1. The second-order valence-electron chi connectivity index (χ2n) is 7.37. The van der Waals surface area contributed by atoms with E-state index in [0.29, 0.717) is 22.3 Å². The fourth-order valence-electron chi connectivity index (χ4n) is 3.10. The van der Waals surface area contributed by atoms with E-state index < -0.39 is 18.5 Å². The van der Waals surface area contributed by atoms with Crippen molar-refractivity contribution >= 4 is 23.5 Å². The minimum absolute atomic E-state index is 0.232. The number of benzene rings is 2. The maximum absolute atomic E-state index is 12.4. The van der Waals surface area contributed by atoms with Crippen LogP contribution in [0.2, 0.25) is 5.02 Å². The van der Waals surface area contributed by atoms with Crippen LogP contribution >= 0.6 is 11.6 Å². The normalized spacial score (nSPS) is 11.5. The molecular formula is C24H25ClN2O6. The minimum Gasteiger partial charge on any atom is -0.493 e. The lowest BCUT2D eigenvalue weighted by molar-refractivity contribution is -0.124. The van der Waals surface area contributed by atoms with Gasteiger partial charge in [-0.2, -0.15) is 0 Å². The Morgan fingerprint density at radius 3 is 2.48 bits per heavy atom. The largest absolute Gasteiger partial charge is 0.493 e.